The quantitative estimate of drug-likeness (QED) is 0.0519. The minimum atomic E-state index is -4.17. The molecule has 3 N–H and O–H groups in total. The number of nitrogens with zero attached hydrogens (tertiary/aromatic N) is 1. The summed E-state index contributed by atoms with van der Waals surface area (Å²) in [5.41, 5.74) is 3.93. The first kappa shape index (κ1) is 40.5. The van der Waals surface area contributed by atoms with E-state index >= 15 is 0 Å². The number of allylic oxidation sites excluding steroid dienone is 2. The van der Waals surface area contributed by atoms with E-state index in [2.05, 4.69) is 29.4 Å². The first-order chi connectivity index (χ1) is 22.6. The van der Waals surface area contributed by atoms with Crippen LogP contribution in [-0.2, 0) is 22.2 Å². The fraction of sp³-hybridized carbons (Fsp3) is 0.632. The van der Waals surface area contributed by atoms with E-state index in [9.17, 15) is 19.1 Å². The molecular formula is C38H61N2O6P. The van der Waals surface area contributed by atoms with Gasteiger partial charge in [0.2, 0.25) is 5.91 Å². The maximum atomic E-state index is 12.7. The summed E-state index contributed by atoms with van der Waals surface area (Å²) >= 11 is 0. The lowest BCUT2D eigenvalue weighted by atomic mass is 10.0. The second kappa shape index (κ2) is 23.6. The Kier molecular flexibility index (Phi) is 20.4. The molecule has 0 radical (unpaired) electrons. The van der Waals surface area contributed by atoms with Gasteiger partial charge in [-0.3, -0.25) is 14.3 Å². The third kappa shape index (κ3) is 18.5. The summed E-state index contributed by atoms with van der Waals surface area (Å²) in [5, 5.41) is 3.03. The van der Waals surface area contributed by atoms with E-state index in [4.69, 9.17) is 9.47 Å². The van der Waals surface area contributed by atoms with E-state index < -0.39 is 7.60 Å². The molecule has 0 spiro atoms. The number of methoxy groups -OCH3 is 1. The van der Waals surface area contributed by atoms with Crippen molar-refractivity contribution in [3.8, 4) is 11.5 Å². The average molecular weight is 673 g/mol. The molecule has 1 aromatic carbocycles. The highest BCUT2D eigenvalue weighted by molar-refractivity contribution is 7.51. The van der Waals surface area contributed by atoms with Crippen LogP contribution in [0.2, 0.25) is 0 Å². The van der Waals surface area contributed by atoms with E-state index in [1.807, 2.05) is 44.3 Å². The van der Waals surface area contributed by atoms with Crippen molar-refractivity contribution in [1.29, 1.82) is 0 Å². The van der Waals surface area contributed by atoms with Gasteiger partial charge >= 0.3 is 7.60 Å². The molecule has 0 aliphatic rings. The second-order valence-corrected chi connectivity index (χ2v) is 14.5. The van der Waals surface area contributed by atoms with Crippen LogP contribution in [0.5, 0.6) is 11.5 Å². The van der Waals surface area contributed by atoms with Crippen molar-refractivity contribution in [3.05, 3.63) is 65.0 Å². The number of ether oxygens (including phenoxy) is 2. The van der Waals surface area contributed by atoms with Gasteiger partial charge in [0.15, 0.2) is 0 Å². The predicted octanol–water partition coefficient (Wildman–Crippen LogP) is 8.96. The van der Waals surface area contributed by atoms with Gasteiger partial charge in [-0.2, -0.15) is 0 Å². The minimum Gasteiger partial charge on any atom is -0.496 e. The van der Waals surface area contributed by atoms with Gasteiger partial charge in [0.05, 0.1) is 25.6 Å². The third-order valence-corrected chi connectivity index (χ3v) is 9.40. The van der Waals surface area contributed by atoms with E-state index in [-0.39, 0.29) is 24.5 Å². The molecule has 2 aromatic rings. The molecule has 0 saturated heterocycles. The lowest BCUT2D eigenvalue weighted by Gasteiger charge is -2.20. The molecule has 1 aromatic heterocycles. The first-order valence-electron chi connectivity index (χ1n) is 17.8. The second-order valence-electron chi connectivity index (χ2n) is 12.8. The summed E-state index contributed by atoms with van der Waals surface area (Å²) in [7, 11) is -2.50. The zero-order chi connectivity index (χ0) is 34.3. The fourth-order valence-corrected chi connectivity index (χ4v) is 6.45. The van der Waals surface area contributed by atoms with Gasteiger partial charge in [0.1, 0.15) is 11.5 Å². The molecule has 9 heteroatoms. The molecule has 264 valence electrons. The first-order valence-corrected chi connectivity index (χ1v) is 19.6. The van der Waals surface area contributed by atoms with Crippen LogP contribution in [0.3, 0.4) is 0 Å². The van der Waals surface area contributed by atoms with E-state index in [1.165, 1.54) is 57.8 Å². The van der Waals surface area contributed by atoms with E-state index in [1.54, 1.807) is 7.11 Å². The number of amides is 1. The number of carbonyl (C=O) groups is 1. The van der Waals surface area contributed by atoms with Crippen LogP contribution < -0.4 is 14.8 Å². The van der Waals surface area contributed by atoms with Crippen LogP contribution in [-0.4, -0.2) is 46.6 Å². The summed E-state index contributed by atoms with van der Waals surface area (Å²) in [6.45, 7) is 6.70. The van der Waals surface area contributed by atoms with Crippen molar-refractivity contribution in [3.63, 3.8) is 0 Å². The Morgan fingerprint density at radius 1 is 0.936 bits per heavy atom. The highest BCUT2D eigenvalue weighted by atomic mass is 31.2. The highest BCUT2D eigenvalue weighted by Crippen LogP contribution is 2.35. The van der Waals surface area contributed by atoms with Crippen LogP contribution in [0.15, 0.2) is 42.6 Å². The Balaban J connectivity index is 1.69. The van der Waals surface area contributed by atoms with Crippen LogP contribution >= 0.6 is 7.60 Å². The number of hydrogen-bond acceptors (Lipinski definition) is 5. The summed E-state index contributed by atoms with van der Waals surface area (Å²) in [4.78, 5) is 36.1. The molecule has 0 aliphatic carbocycles. The molecule has 8 nitrogen and oxygen atoms in total. The molecule has 1 heterocycles. The number of hydrogen-bond donors (Lipinski definition) is 3. The van der Waals surface area contributed by atoms with Gasteiger partial charge in [0, 0.05) is 36.2 Å². The molecular weight excluding hydrogens is 611 g/mol. The van der Waals surface area contributed by atoms with Crippen molar-refractivity contribution in [2.75, 3.05) is 19.9 Å². The van der Waals surface area contributed by atoms with Gasteiger partial charge in [-0.1, -0.05) is 82.6 Å². The van der Waals surface area contributed by atoms with E-state index in [0.29, 0.717) is 25.9 Å². The number of nitrogens with one attached hydrogen (secondary N) is 1. The normalized spacial score (nSPS) is 12.4. The summed E-state index contributed by atoms with van der Waals surface area (Å²) in [6.07, 6.45) is 23.7. The van der Waals surface area contributed by atoms with Crippen LogP contribution in [0.1, 0.15) is 126 Å². The Hall–Kier alpha value is -2.67. The number of aromatic nitrogens is 1. The monoisotopic (exact) mass is 672 g/mol. The molecule has 0 bridgehead atoms. The van der Waals surface area contributed by atoms with Crippen molar-refractivity contribution in [2.24, 2.45) is 0 Å². The van der Waals surface area contributed by atoms with Crippen molar-refractivity contribution >= 4 is 13.5 Å². The lowest BCUT2D eigenvalue weighted by molar-refractivity contribution is -0.121. The summed E-state index contributed by atoms with van der Waals surface area (Å²) in [6, 6.07) is 7.30. The molecule has 47 heavy (non-hydrogen) atoms. The van der Waals surface area contributed by atoms with Gasteiger partial charge < -0.3 is 24.6 Å². The zero-order valence-electron chi connectivity index (χ0n) is 29.5. The molecule has 1 atom stereocenters. The van der Waals surface area contributed by atoms with Crippen LogP contribution in [0, 0.1) is 13.8 Å². The minimum absolute atomic E-state index is 0.0602. The maximum absolute atomic E-state index is 12.7. The Labute approximate surface area is 284 Å². The number of carbonyl (C=O) groups excluding carboxylic acids is 1. The Morgan fingerprint density at radius 2 is 1.55 bits per heavy atom. The molecule has 1 amide bonds. The van der Waals surface area contributed by atoms with Gasteiger partial charge in [-0.25, -0.2) is 0 Å². The Morgan fingerprint density at radius 3 is 2.17 bits per heavy atom. The maximum Gasteiger partial charge on any atom is 0.325 e. The van der Waals surface area contributed by atoms with Gasteiger partial charge in [-0.05, 0) is 76.5 Å². The number of rotatable bonds is 26. The summed E-state index contributed by atoms with van der Waals surface area (Å²) < 4.78 is 23.0. The number of unbranched alkanes of at least 4 members (excludes halogenated alkanes) is 11. The largest absolute Gasteiger partial charge is 0.496 e. The van der Waals surface area contributed by atoms with Crippen LogP contribution in [0.4, 0.5) is 0 Å². The highest BCUT2D eigenvalue weighted by Gasteiger charge is 2.20. The number of pyridine rings is 1. The summed E-state index contributed by atoms with van der Waals surface area (Å²) in [5.74, 6) is 1.52. The Bertz CT molecular complexity index is 1230. The van der Waals surface area contributed by atoms with E-state index in [0.717, 1.165) is 59.6 Å². The molecule has 0 aliphatic heterocycles. The number of benzene rings is 1. The third-order valence-electron chi connectivity index (χ3n) is 8.56. The standard InChI is InChI=1S/C38H61N2O6P/c1-5-6-7-8-9-10-11-12-13-14-15-16-17-18-19-20-37(41)40-34(26-28-47(42,43)44)29-33-21-23-35(24-22-33)46-27-25-36-32(3)38(45-4)31(2)30-39-36/h12-13,21-24,30,34H,5-11,14-20,25-29H2,1-4H3,(H,40,41)(H2,42,43,44)/b13-12-/t34-/m1/s1. The smallest absolute Gasteiger partial charge is 0.325 e. The SMILES string of the molecule is CCCCCCCC/C=C\CCCCCCCC(=O)N[C@H](CCP(=O)(O)O)Cc1ccc(OCCc2ncc(C)c(OC)c2C)cc1. The van der Waals surface area contributed by atoms with Crippen LogP contribution in [0.25, 0.3) is 0 Å². The predicted molar refractivity (Wildman–Crippen MR) is 193 cm³/mol. The molecule has 0 fully saturated rings. The molecule has 0 unspecified atom stereocenters. The topological polar surface area (TPSA) is 118 Å². The lowest BCUT2D eigenvalue weighted by Crippen LogP contribution is -2.37. The van der Waals surface area contributed by atoms with Crippen molar-refractivity contribution in [1.82, 2.24) is 10.3 Å². The average Bonchev–Trinajstić information content (AvgIpc) is 3.03. The van der Waals surface area contributed by atoms with Gasteiger partial charge in [0.25, 0.3) is 0 Å². The number of aryl methyl sites for hydroxylation is 1. The van der Waals surface area contributed by atoms with Crippen molar-refractivity contribution < 1.29 is 28.6 Å². The zero-order valence-corrected chi connectivity index (χ0v) is 30.4. The molecule has 2 rings (SSSR count). The van der Waals surface area contributed by atoms with Crippen molar-refractivity contribution in [2.45, 2.75) is 136 Å². The molecule has 0 saturated carbocycles. The van der Waals surface area contributed by atoms with Gasteiger partial charge in [-0.15, -0.1) is 0 Å². The fourth-order valence-electron chi connectivity index (χ4n) is 5.80.